The molecule has 0 amide bonds. The van der Waals surface area contributed by atoms with E-state index in [0.29, 0.717) is 28.9 Å². The second kappa shape index (κ2) is 7.91. The van der Waals surface area contributed by atoms with Gasteiger partial charge in [0.25, 0.3) is 0 Å². The molecule has 124 valence electrons. The molecule has 0 aliphatic carbocycles. The summed E-state index contributed by atoms with van der Waals surface area (Å²) in [5.41, 5.74) is 6.00. The van der Waals surface area contributed by atoms with Crippen molar-refractivity contribution in [1.82, 2.24) is 14.7 Å². The van der Waals surface area contributed by atoms with Crippen LogP contribution in [-0.2, 0) is 10.0 Å². The van der Waals surface area contributed by atoms with Crippen LogP contribution >= 0.6 is 27.5 Å². The molecule has 0 spiro atoms. The maximum Gasteiger partial charge on any atom is 0.240 e. The zero-order chi connectivity index (χ0) is 16.9. The number of sulfonamides is 1. The van der Waals surface area contributed by atoms with Crippen LogP contribution in [0.2, 0.25) is 5.28 Å². The molecule has 0 saturated carbocycles. The SMILES string of the molecule is Nc1cccc(S(=O)(=O)NCCCNc2nc(Cl)ncc2Br)c1. The Morgan fingerprint density at radius 3 is 2.83 bits per heavy atom. The van der Waals surface area contributed by atoms with Crippen LogP contribution in [0.1, 0.15) is 6.42 Å². The van der Waals surface area contributed by atoms with Gasteiger partial charge in [0.2, 0.25) is 15.3 Å². The van der Waals surface area contributed by atoms with Gasteiger partial charge in [0.05, 0.1) is 9.37 Å². The van der Waals surface area contributed by atoms with E-state index in [1.807, 2.05) is 0 Å². The van der Waals surface area contributed by atoms with Gasteiger partial charge in [-0.15, -0.1) is 0 Å². The van der Waals surface area contributed by atoms with Gasteiger partial charge in [0.15, 0.2) is 0 Å². The number of halogens is 2. The summed E-state index contributed by atoms with van der Waals surface area (Å²) in [5, 5.41) is 3.19. The van der Waals surface area contributed by atoms with Crippen LogP contribution in [0.5, 0.6) is 0 Å². The van der Waals surface area contributed by atoms with E-state index in [1.165, 1.54) is 12.1 Å². The first-order valence-electron chi connectivity index (χ1n) is 6.65. The van der Waals surface area contributed by atoms with E-state index in [-0.39, 0.29) is 16.7 Å². The van der Waals surface area contributed by atoms with Crippen molar-refractivity contribution in [3.05, 3.63) is 40.2 Å². The Balaban J connectivity index is 1.82. The van der Waals surface area contributed by atoms with Crippen LogP contribution in [0.4, 0.5) is 11.5 Å². The summed E-state index contributed by atoms with van der Waals surface area (Å²) in [7, 11) is -3.56. The van der Waals surface area contributed by atoms with Crippen molar-refractivity contribution in [3.63, 3.8) is 0 Å². The zero-order valence-electron chi connectivity index (χ0n) is 12.0. The number of aromatic nitrogens is 2. The fourth-order valence-corrected chi connectivity index (χ4v) is 3.33. The first kappa shape index (κ1) is 17.9. The number of rotatable bonds is 7. The van der Waals surface area contributed by atoms with E-state index in [2.05, 4.69) is 35.9 Å². The summed E-state index contributed by atoms with van der Waals surface area (Å²) in [6, 6.07) is 6.15. The molecular weight excluding hydrogens is 406 g/mol. The largest absolute Gasteiger partial charge is 0.399 e. The number of nitrogens with zero attached hydrogens (tertiary/aromatic N) is 2. The van der Waals surface area contributed by atoms with Gasteiger partial charge < -0.3 is 11.1 Å². The van der Waals surface area contributed by atoms with Gasteiger partial charge in [-0.1, -0.05) is 6.07 Å². The Labute approximate surface area is 147 Å². The Kier molecular flexibility index (Phi) is 6.17. The fraction of sp³-hybridized carbons (Fsp3) is 0.231. The monoisotopic (exact) mass is 419 g/mol. The van der Waals surface area contributed by atoms with Crippen LogP contribution in [-0.4, -0.2) is 31.5 Å². The van der Waals surface area contributed by atoms with Gasteiger partial charge >= 0.3 is 0 Å². The molecule has 4 N–H and O–H groups in total. The second-order valence-electron chi connectivity index (χ2n) is 4.59. The highest BCUT2D eigenvalue weighted by Crippen LogP contribution is 2.19. The first-order valence-corrected chi connectivity index (χ1v) is 9.31. The Hall–Kier alpha value is -1.42. The van der Waals surface area contributed by atoms with Crippen molar-refractivity contribution < 1.29 is 8.42 Å². The molecule has 10 heteroatoms. The van der Waals surface area contributed by atoms with E-state index in [0.717, 1.165) is 0 Å². The van der Waals surface area contributed by atoms with E-state index < -0.39 is 10.0 Å². The lowest BCUT2D eigenvalue weighted by Crippen LogP contribution is -2.26. The maximum atomic E-state index is 12.1. The average Bonchev–Trinajstić information content (AvgIpc) is 2.50. The Morgan fingerprint density at radius 2 is 2.09 bits per heavy atom. The molecule has 0 atom stereocenters. The predicted octanol–water partition coefficient (Wildman–Crippen LogP) is 2.26. The topological polar surface area (TPSA) is 110 Å². The quantitative estimate of drug-likeness (QED) is 0.360. The highest BCUT2D eigenvalue weighted by molar-refractivity contribution is 9.10. The average molecular weight is 421 g/mol. The van der Waals surface area contributed by atoms with Crippen molar-refractivity contribution in [2.45, 2.75) is 11.3 Å². The molecule has 0 radical (unpaired) electrons. The van der Waals surface area contributed by atoms with Gasteiger partial charge in [-0.2, -0.15) is 4.98 Å². The van der Waals surface area contributed by atoms with Crippen LogP contribution in [0.25, 0.3) is 0 Å². The zero-order valence-corrected chi connectivity index (χ0v) is 15.1. The minimum absolute atomic E-state index is 0.137. The number of nitrogens with one attached hydrogen (secondary N) is 2. The van der Waals surface area contributed by atoms with E-state index in [1.54, 1.807) is 18.3 Å². The molecule has 1 aromatic heterocycles. The summed E-state index contributed by atoms with van der Waals surface area (Å²) >= 11 is 9.01. The van der Waals surface area contributed by atoms with Crippen molar-refractivity contribution >= 4 is 49.1 Å². The molecule has 1 heterocycles. The summed E-state index contributed by atoms with van der Waals surface area (Å²) in [4.78, 5) is 7.99. The number of nitrogens with two attached hydrogens (primary N) is 1. The minimum Gasteiger partial charge on any atom is -0.399 e. The predicted molar refractivity (Wildman–Crippen MR) is 93.9 cm³/mol. The van der Waals surface area contributed by atoms with Gasteiger partial charge in [-0.25, -0.2) is 18.1 Å². The normalized spacial score (nSPS) is 11.4. The molecule has 0 bridgehead atoms. The lowest BCUT2D eigenvalue weighted by molar-refractivity contribution is 0.580. The van der Waals surface area contributed by atoms with E-state index in [4.69, 9.17) is 17.3 Å². The highest BCUT2D eigenvalue weighted by atomic mass is 79.9. The molecule has 23 heavy (non-hydrogen) atoms. The minimum atomic E-state index is -3.56. The Morgan fingerprint density at radius 1 is 1.30 bits per heavy atom. The van der Waals surface area contributed by atoms with Crippen molar-refractivity contribution in [2.75, 3.05) is 24.1 Å². The molecule has 2 aromatic rings. The smallest absolute Gasteiger partial charge is 0.240 e. The van der Waals surface area contributed by atoms with Crippen molar-refractivity contribution in [1.29, 1.82) is 0 Å². The van der Waals surface area contributed by atoms with Crippen molar-refractivity contribution in [3.8, 4) is 0 Å². The lowest BCUT2D eigenvalue weighted by atomic mass is 10.3. The third-order valence-corrected chi connectivity index (χ3v) is 5.04. The second-order valence-corrected chi connectivity index (χ2v) is 7.55. The standard InChI is InChI=1S/C13H15BrClN5O2S/c14-11-8-18-13(15)20-12(11)17-5-2-6-19-23(21,22)10-4-1-3-9(16)7-10/h1,3-4,7-8,19H,2,5-6,16H2,(H,17,18,20). The van der Waals surface area contributed by atoms with Gasteiger partial charge in [0.1, 0.15) is 5.82 Å². The van der Waals surface area contributed by atoms with Gasteiger partial charge in [-0.05, 0) is 52.2 Å². The number of nitrogen functional groups attached to an aromatic ring is 1. The molecule has 2 rings (SSSR count). The first-order chi connectivity index (χ1) is 10.9. The molecular formula is C13H15BrClN5O2S. The van der Waals surface area contributed by atoms with Crippen LogP contribution in [0.15, 0.2) is 39.8 Å². The molecule has 0 aliphatic heterocycles. The number of anilines is 2. The molecule has 0 aliphatic rings. The van der Waals surface area contributed by atoms with Crippen LogP contribution in [0.3, 0.4) is 0 Å². The fourth-order valence-electron chi connectivity index (χ4n) is 1.74. The van der Waals surface area contributed by atoms with Gasteiger partial charge in [0, 0.05) is 25.0 Å². The molecule has 7 nitrogen and oxygen atoms in total. The maximum absolute atomic E-state index is 12.1. The van der Waals surface area contributed by atoms with Crippen molar-refractivity contribution in [2.24, 2.45) is 0 Å². The summed E-state index contributed by atoms with van der Waals surface area (Å²) in [6.07, 6.45) is 2.11. The molecule has 0 saturated heterocycles. The molecule has 0 fully saturated rings. The van der Waals surface area contributed by atoms with E-state index in [9.17, 15) is 8.42 Å². The summed E-state index contributed by atoms with van der Waals surface area (Å²) < 4.78 is 27.4. The summed E-state index contributed by atoms with van der Waals surface area (Å²) in [6.45, 7) is 0.798. The van der Waals surface area contributed by atoms with Crippen LogP contribution < -0.4 is 15.8 Å². The van der Waals surface area contributed by atoms with E-state index >= 15 is 0 Å². The lowest BCUT2D eigenvalue weighted by Gasteiger charge is -2.09. The van der Waals surface area contributed by atoms with Gasteiger partial charge in [-0.3, -0.25) is 0 Å². The Bertz CT molecular complexity index is 788. The third-order valence-electron chi connectivity index (χ3n) is 2.82. The number of hydrogen-bond acceptors (Lipinski definition) is 6. The molecule has 1 aromatic carbocycles. The molecule has 0 unspecified atom stereocenters. The number of hydrogen-bond donors (Lipinski definition) is 3. The highest BCUT2D eigenvalue weighted by Gasteiger charge is 2.13. The third kappa shape index (κ3) is 5.31. The number of benzene rings is 1. The summed E-state index contributed by atoms with van der Waals surface area (Å²) in [5.74, 6) is 0.559. The van der Waals surface area contributed by atoms with Crippen LogP contribution in [0, 0.1) is 0 Å².